The summed E-state index contributed by atoms with van der Waals surface area (Å²) in [6, 6.07) is 5.75. The van der Waals surface area contributed by atoms with E-state index in [-0.39, 0.29) is 5.91 Å². The van der Waals surface area contributed by atoms with Crippen LogP contribution in [-0.4, -0.2) is 41.8 Å². The minimum atomic E-state index is -0.707. The first-order valence-electron chi connectivity index (χ1n) is 9.13. The maximum absolute atomic E-state index is 12.7. The summed E-state index contributed by atoms with van der Waals surface area (Å²) < 4.78 is 10.9. The summed E-state index contributed by atoms with van der Waals surface area (Å²) in [5.74, 6) is 12.1. The fraction of sp³-hybridized carbons (Fsp3) is 0.391. The van der Waals surface area contributed by atoms with E-state index in [4.69, 9.17) is 9.47 Å². The number of carbonyl (C=O) groups excluding carboxylic acids is 1. The number of pyridine rings is 1. The molecule has 1 unspecified atom stereocenters. The summed E-state index contributed by atoms with van der Waals surface area (Å²) in [5.41, 5.74) is 1.30. The lowest BCUT2D eigenvalue weighted by atomic mass is 10.1. The predicted octanol–water partition coefficient (Wildman–Crippen LogP) is 3.53. The van der Waals surface area contributed by atoms with Crippen molar-refractivity contribution in [1.29, 1.82) is 0 Å². The fourth-order valence-corrected chi connectivity index (χ4v) is 3.22. The second-order valence-corrected chi connectivity index (χ2v) is 7.84. The number of benzene rings is 1. The summed E-state index contributed by atoms with van der Waals surface area (Å²) in [7, 11) is 1.58. The van der Waals surface area contributed by atoms with Gasteiger partial charge in [0.15, 0.2) is 0 Å². The summed E-state index contributed by atoms with van der Waals surface area (Å²) in [5, 5.41) is 3.84. The Kier molecular flexibility index (Phi) is 7.96. The van der Waals surface area contributed by atoms with E-state index in [0.29, 0.717) is 12.4 Å². The van der Waals surface area contributed by atoms with E-state index in [1.807, 2.05) is 45.2 Å². The molecular formula is C23H26N2O3S. The first kappa shape index (κ1) is 22.6. The monoisotopic (exact) mass is 410 g/mol. The minimum Gasteiger partial charge on any atom is -0.470 e. The molecule has 0 radical (unpaired) electrons. The summed E-state index contributed by atoms with van der Waals surface area (Å²) in [4.78, 5) is 17.2. The molecule has 29 heavy (non-hydrogen) atoms. The van der Waals surface area contributed by atoms with Gasteiger partial charge in [-0.2, -0.15) is 0 Å². The van der Waals surface area contributed by atoms with E-state index in [9.17, 15) is 4.79 Å². The van der Waals surface area contributed by atoms with Gasteiger partial charge in [-0.3, -0.25) is 9.78 Å². The fourth-order valence-electron chi connectivity index (χ4n) is 2.74. The van der Waals surface area contributed by atoms with Crippen molar-refractivity contribution >= 4 is 28.6 Å². The summed E-state index contributed by atoms with van der Waals surface area (Å²) >= 11 is 1.32. The second kappa shape index (κ2) is 10.2. The van der Waals surface area contributed by atoms with Crippen molar-refractivity contribution in [3.8, 4) is 29.4 Å². The lowest BCUT2D eigenvalue weighted by Gasteiger charge is -2.24. The number of hydrogen-bond donors (Lipinski definition) is 1. The molecule has 1 atom stereocenters. The highest BCUT2D eigenvalue weighted by Crippen LogP contribution is 2.26. The molecule has 1 aromatic heterocycles. The van der Waals surface area contributed by atoms with Gasteiger partial charge < -0.3 is 14.8 Å². The zero-order valence-corrected chi connectivity index (χ0v) is 18.5. The molecule has 0 spiro atoms. The Bertz CT molecular complexity index is 1010. The zero-order chi connectivity index (χ0) is 21.4. The van der Waals surface area contributed by atoms with E-state index >= 15 is 0 Å². The quantitative estimate of drug-likeness (QED) is 0.583. The van der Waals surface area contributed by atoms with Crippen molar-refractivity contribution in [3.63, 3.8) is 0 Å². The van der Waals surface area contributed by atoms with E-state index < -0.39 is 11.0 Å². The molecule has 0 aliphatic rings. The Balaban J connectivity index is 2.23. The number of aryl methyl sites for hydroxylation is 1. The number of rotatable bonds is 6. The molecule has 2 aromatic rings. The third kappa shape index (κ3) is 6.42. The van der Waals surface area contributed by atoms with Gasteiger partial charge in [0.25, 0.3) is 5.91 Å². The van der Waals surface area contributed by atoms with Gasteiger partial charge in [-0.25, -0.2) is 0 Å². The number of nitrogens with zero attached hydrogens (tertiary/aromatic N) is 1. The third-order valence-electron chi connectivity index (χ3n) is 3.94. The molecule has 1 amide bonds. The largest absolute Gasteiger partial charge is 0.470 e. The number of carbonyl (C=O) groups is 1. The standard InChI is InChI=1S/C23H26N2O3S/c1-7-9-17-13-18-14-19(12-16(2)20(18)24-15-17)28-22(29-6)21(26)25-23(3,4)10-8-11-27-5/h12-15,22H,11H2,1-6H3,(H,25,26). The molecule has 5 nitrogen and oxygen atoms in total. The summed E-state index contributed by atoms with van der Waals surface area (Å²) in [6.45, 7) is 7.75. The number of aromatic nitrogens is 1. The van der Waals surface area contributed by atoms with Crippen LogP contribution in [-0.2, 0) is 9.53 Å². The van der Waals surface area contributed by atoms with Gasteiger partial charge in [0.1, 0.15) is 12.4 Å². The van der Waals surface area contributed by atoms with Gasteiger partial charge in [0.05, 0.1) is 11.1 Å². The molecule has 6 heteroatoms. The Hall–Kier alpha value is -2.67. The highest BCUT2D eigenvalue weighted by Gasteiger charge is 2.25. The summed E-state index contributed by atoms with van der Waals surface area (Å²) in [6.07, 6.45) is 3.59. The Morgan fingerprint density at radius 2 is 2.10 bits per heavy atom. The number of hydrogen-bond acceptors (Lipinski definition) is 5. The Labute approximate surface area is 177 Å². The highest BCUT2D eigenvalue weighted by molar-refractivity contribution is 7.99. The maximum Gasteiger partial charge on any atom is 0.272 e. The number of ether oxygens (including phenoxy) is 2. The van der Waals surface area contributed by atoms with Crippen molar-refractivity contribution in [2.45, 2.75) is 38.7 Å². The van der Waals surface area contributed by atoms with E-state index in [1.54, 1.807) is 20.2 Å². The van der Waals surface area contributed by atoms with Gasteiger partial charge >= 0.3 is 0 Å². The molecule has 1 N–H and O–H groups in total. The maximum atomic E-state index is 12.7. The normalized spacial score (nSPS) is 11.7. The molecule has 1 heterocycles. The molecule has 0 saturated heterocycles. The number of fused-ring (bicyclic) bond motifs is 1. The van der Waals surface area contributed by atoms with Gasteiger partial charge in [-0.15, -0.1) is 17.7 Å². The highest BCUT2D eigenvalue weighted by atomic mass is 32.2. The van der Waals surface area contributed by atoms with Crippen molar-refractivity contribution in [2.75, 3.05) is 20.0 Å². The van der Waals surface area contributed by atoms with Crippen LogP contribution in [0.2, 0.25) is 0 Å². The molecule has 0 aliphatic carbocycles. The van der Waals surface area contributed by atoms with E-state index in [1.165, 1.54) is 11.8 Å². The van der Waals surface area contributed by atoms with E-state index in [0.717, 1.165) is 22.0 Å². The van der Waals surface area contributed by atoms with Crippen molar-refractivity contribution in [3.05, 3.63) is 35.5 Å². The van der Waals surface area contributed by atoms with Gasteiger partial charge in [0, 0.05) is 24.3 Å². The van der Waals surface area contributed by atoms with Crippen LogP contribution >= 0.6 is 11.8 Å². The lowest BCUT2D eigenvalue weighted by molar-refractivity contribution is -0.125. The van der Waals surface area contributed by atoms with Crippen LogP contribution in [0.4, 0.5) is 0 Å². The molecular weight excluding hydrogens is 384 g/mol. The molecule has 0 fully saturated rings. The van der Waals surface area contributed by atoms with Crippen LogP contribution in [0.15, 0.2) is 24.4 Å². The van der Waals surface area contributed by atoms with Crippen LogP contribution in [0.1, 0.15) is 31.9 Å². The Morgan fingerprint density at radius 1 is 1.34 bits per heavy atom. The number of nitrogens with one attached hydrogen (secondary N) is 1. The minimum absolute atomic E-state index is 0.240. The first-order chi connectivity index (χ1) is 13.8. The lowest BCUT2D eigenvalue weighted by Crippen LogP contribution is -2.47. The molecule has 0 aliphatic heterocycles. The second-order valence-electron chi connectivity index (χ2n) is 6.95. The van der Waals surface area contributed by atoms with Gasteiger partial charge in [-0.1, -0.05) is 17.8 Å². The first-order valence-corrected chi connectivity index (χ1v) is 10.4. The van der Waals surface area contributed by atoms with Crippen LogP contribution in [0.25, 0.3) is 10.9 Å². The van der Waals surface area contributed by atoms with Crippen molar-refractivity contribution in [1.82, 2.24) is 10.3 Å². The van der Waals surface area contributed by atoms with E-state index in [2.05, 4.69) is 34.0 Å². The molecule has 2 rings (SSSR count). The molecule has 152 valence electrons. The van der Waals surface area contributed by atoms with Gasteiger partial charge in [-0.05, 0) is 57.7 Å². The predicted molar refractivity (Wildman–Crippen MR) is 119 cm³/mol. The smallest absolute Gasteiger partial charge is 0.272 e. The average molecular weight is 411 g/mol. The molecule has 0 bridgehead atoms. The zero-order valence-electron chi connectivity index (χ0n) is 17.7. The Morgan fingerprint density at radius 3 is 2.76 bits per heavy atom. The van der Waals surface area contributed by atoms with Crippen LogP contribution in [0.5, 0.6) is 5.75 Å². The molecule has 0 saturated carbocycles. The van der Waals surface area contributed by atoms with Crippen LogP contribution in [0.3, 0.4) is 0 Å². The van der Waals surface area contributed by atoms with Crippen molar-refractivity contribution < 1.29 is 14.3 Å². The van der Waals surface area contributed by atoms with Gasteiger partial charge in [0.2, 0.25) is 5.44 Å². The van der Waals surface area contributed by atoms with Crippen LogP contribution < -0.4 is 10.1 Å². The average Bonchev–Trinajstić information content (AvgIpc) is 2.65. The number of amides is 1. The number of thioether (sulfide) groups is 1. The molecule has 1 aromatic carbocycles. The number of methoxy groups -OCH3 is 1. The third-order valence-corrected chi connectivity index (χ3v) is 4.68. The topological polar surface area (TPSA) is 60.5 Å². The van der Waals surface area contributed by atoms with Crippen LogP contribution in [0, 0.1) is 30.6 Å². The SMILES string of the molecule is CC#Cc1cnc2c(C)cc(OC(SC)C(=O)NC(C)(C)C#CCOC)cc2c1. The van der Waals surface area contributed by atoms with Crippen molar-refractivity contribution in [2.24, 2.45) is 0 Å².